The first-order valence-corrected chi connectivity index (χ1v) is 6.36. The Bertz CT molecular complexity index is 554. The summed E-state index contributed by atoms with van der Waals surface area (Å²) in [7, 11) is 0. The van der Waals surface area contributed by atoms with E-state index in [1.165, 1.54) is 0 Å². The number of benzene rings is 2. The van der Waals surface area contributed by atoms with Crippen molar-refractivity contribution in [3.05, 3.63) is 59.7 Å². The summed E-state index contributed by atoms with van der Waals surface area (Å²) in [5.41, 5.74) is 9.09. The van der Waals surface area contributed by atoms with Crippen LogP contribution in [-0.4, -0.2) is 11.7 Å². The monoisotopic (exact) mass is 256 g/mol. The number of hydrogen-bond donors (Lipinski definition) is 3. The van der Waals surface area contributed by atoms with Crippen LogP contribution in [-0.2, 0) is 5.54 Å². The first-order valence-electron chi connectivity index (χ1n) is 6.36. The first-order chi connectivity index (χ1) is 9.05. The number of nitrogen functional groups attached to an aromatic ring is 1. The minimum Gasteiger partial charge on any atom is -0.399 e. The van der Waals surface area contributed by atoms with Crippen molar-refractivity contribution in [2.75, 3.05) is 17.7 Å². The highest BCUT2D eigenvalue weighted by molar-refractivity contribution is 5.61. The fourth-order valence-corrected chi connectivity index (χ4v) is 2.08. The predicted octanol–water partition coefficient (Wildman–Crippen LogP) is 2.90. The molecule has 0 aromatic heterocycles. The molecule has 2 rings (SSSR count). The van der Waals surface area contributed by atoms with Gasteiger partial charge in [-0.3, -0.25) is 0 Å². The summed E-state index contributed by atoms with van der Waals surface area (Å²) < 4.78 is 0. The van der Waals surface area contributed by atoms with Crippen molar-refractivity contribution >= 4 is 11.4 Å². The van der Waals surface area contributed by atoms with Gasteiger partial charge in [0, 0.05) is 11.4 Å². The van der Waals surface area contributed by atoms with E-state index < -0.39 is 5.54 Å². The second-order valence-electron chi connectivity index (χ2n) is 5.06. The molecule has 0 amide bonds. The zero-order valence-electron chi connectivity index (χ0n) is 11.4. The highest BCUT2D eigenvalue weighted by Crippen LogP contribution is 2.28. The molecule has 0 radical (unpaired) electrons. The Labute approximate surface area is 114 Å². The Morgan fingerprint density at radius 3 is 2.47 bits per heavy atom. The molecule has 0 aliphatic carbocycles. The van der Waals surface area contributed by atoms with E-state index >= 15 is 0 Å². The van der Waals surface area contributed by atoms with E-state index in [0.29, 0.717) is 5.69 Å². The molecule has 3 nitrogen and oxygen atoms in total. The lowest BCUT2D eigenvalue weighted by molar-refractivity contribution is 0.224. The molecular formula is C16H20N2O. The molecule has 3 heteroatoms. The number of aliphatic hydroxyl groups excluding tert-OH is 1. The van der Waals surface area contributed by atoms with Crippen molar-refractivity contribution in [3.8, 4) is 0 Å². The average molecular weight is 256 g/mol. The molecule has 2 aromatic carbocycles. The standard InChI is InChI=1S/C16H20N2O/c1-12-8-9-14(17)10-15(12)18-16(2,11-19)13-6-4-3-5-7-13/h3-10,18-19H,11,17H2,1-2H3. The number of nitrogens with one attached hydrogen (secondary N) is 1. The van der Waals surface area contributed by atoms with Crippen molar-refractivity contribution < 1.29 is 5.11 Å². The molecule has 19 heavy (non-hydrogen) atoms. The van der Waals surface area contributed by atoms with Gasteiger partial charge in [-0.05, 0) is 37.1 Å². The molecule has 0 saturated carbocycles. The molecule has 2 aromatic rings. The maximum atomic E-state index is 9.77. The van der Waals surface area contributed by atoms with E-state index in [1.807, 2.05) is 62.4 Å². The number of anilines is 2. The van der Waals surface area contributed by atoms with Crippen LogP contribution in [0.15, 0.2) is 48.5 Å². The molecule has 0 aliphatic rings. The summed E-state index contributed by atoms with van der Waals surface area (Å²) >= 11 is 0. The summed E-state index contributed by atoms with van der Waals surface area (Å²) in [6.07, 6.45) is 0. The van der Waals surface area contributed by atoms with Crippen molar-refractivity contribution in [2.24, 2.45) is 0 Å². The minimum absolute atomic E-state index is 0.00521. The smallest absolute Gasteiger partial charge is 0.0828 e. The van der Waals surface area contributed by atoms with Crippen molar-refractivity contribution in [1.82, 2.24) is 0 Å². The number of rotatable bonds is 4. The summed E-state index contributed by atoms with van der Waals surface area (Å²) in [5, 5.41) is 13.2. The lowest BCUT2D eigenvalue weighted by Gasteiger charge is -2.31. The van der Waals surface area contributed by atoms with Gasteiger partial charge in [-0.2, -0.15) is 0 Å². The van der Waals surface area contributed by atoms with Gasteiger partial charge in [0.1, 0.15) is 0 Å². The molecule has 1 atom stereocenters. The Balaban J connectivity index is 2.36. The molecule has 0 spiro atoms. The molecule has 4 N–H and O–H groups in total. The quantitative estimate of drug-likeness (QED) is 0.737. The van der Waals surface area contributed by atoms with Crippen LogP contribution in [0.3, 0.4) is 0 Å². The molecule has 0 aliphatic heterocycles. The number of aryl methyl sites for hydroxylation is 1. The highest BCUT2D eigenvalue weighted by Gasteiger charge is 2.25. The van der Waals surface area contributed by atoms with Gasteiger partial charge in [-0.25, -0.2) is 0 Å². The van der Waals surface area contributed by atoms with Gasteiger partial charge in [-0.15, -0.1) is 0 Å². The van der Waals surface area contributed by atoms with Gasteiger partial charge in [-0.1, -0.05) is 36.4 Å². The Morgan fingerprint density at radius 1 is 1.16 bits per heavy atom. The third kappa shape index (κ3) is 2.88. The van der Waals surface area contributed by atoms with Crippen LogP contribution >= 0.6 is 0 Å². The van der Waals surface area contributed by atoms with Crippen LogP contribution in [0.5, 0.6) is 0 Å². The maximum Gasteiger partial charge on any atom is 0.0828 e. The van der Waals surface area contributed by atoms with Gasteiger partial charge in [0.25, 0.3) is 0 Å². The van der Waals surface area contributed by atoms with Crippen LogP contribution < -0.4 is 11.1 Å². The van der Waals surface area contributed by atoms with Gasteiger partial charge >= 0.3 is 0 Å². The fraction of sp³-hybridized carbons (Fsp3) is 0.250. The molecule has 0 saturated heterocycles. The van der Waals surface area contributed by atoms with E-state index in [1.54, 1.807) is 0 Å². The topological polar surface area (TPSA) is 58.3 Å². The molecule has 100 valence electrons. The largest absolute Gasteiger partial charge is 0.399 e. The van der Waals surface area contributed by atoms with Crippen LogP contribution in [0.4, 0.5) is 11.4 Å². The fourth-order valence-electron chi connectivity index (χ4n) is 2.08. The maximum absolute atomic E-state index is 9.77. The number of hydrogen-bond acceptors (Lipinski definition) is 3. The summed E-state index contributed by atoms with van der Waals surface area (Å²) in [4.78, 5) is 0. The number of nitrogens with two attached hydrogens (primary N) is 1. The zero-order chi connectivity index (χ0) is 13.9. The average Bonchev–Trinajstić information content (AvgIpc) is 2.44. The SMILES string of the molecule is Cc1ccc(N)cc1NC(C)(CO)c1ccccc1. The summed E-state index contributed by atoms with van der Waals surface area (Å²) in [5.74, 6) is 0. The second-order valence-corrected chi connectivity index (χ2v) is 5.06. The first kappa shape index (κ1) is 13.4. The highest BCUT2D eigenvalue weighted by atomic mass is 16.3. The van der Waals surface area contributed by atoms with Crippen molar-refractivity contribution in [3.63, 3.8) is 0 Å². The Hall–Kier alpha value is -2.00. The lowest BCUT2D eigenvalue weighted by Crippen LogP contribution is -2.36. The predicted molar refractivity (Wildman–Crippen MR) is 80.1 cm³/mol. The van der Waals surface area contributed by atoms with Gasteiger partial charge < -0.3 is 16.2 Å². The second kappa shape index (κ2) is 5.33. The van der Waals surface area contributed by atoms with Gasteiger partial charge in [0.15, 0.2) is 0 Å². The molecule has 0 bridgehead atoms. The van der Waals surface area contributed by atoms with Crippen molar-refractivity contribution in [1.29, 1.82) is 0 Å². The van der Waals surface area contributed by atoms with Gasteiger partial charge in [0.05, 0.1) is 12.1 Å². The normalized spacial score (nSPS) is 13.8. The third-order valence-electron chi connectivity index (χ3n) is 3.40. The minimum atomic E-state index is -0.528. The molecule has 0 fully saturated rings. The summed E-state index contributed by atoms with van der Waals surface area (Å²) in [6.45, 7) is 4.00. The molecule has 0 heterocycles. The molecular weight excluding hydrogens is 236 g/mol. The van der Waals surface area contributed by atoms with E-state index in [0.717, 1.165) is 16.8 Å². The molecule has 1 unspecified atom stereocenters. The van der Waals surface area contributed by atoms with Crippen LogP contribution in [0, 0.1) is 6.92 Å². The summed E-state index contributed by atoms with van der Waals surface area (Å²) in [6, 6.07) is 15.7. The lowest BCUT2D eigenvalue weighted by atomic mass is 9.92. The van der Waals surface area contributed by atoms with Gasteiger partial charge in [0.2, 0.25) is 0 Å². The third-order valence-corrected chi connectivity index (χ3v) is 3.40. The number of aliphatic hydroxyl groups is 1. The Morgan fingerprint density at radius 2 is 1.84 bits per heavy atom. The van der Waals surface area contributed by atoms with E-state index in [9.17, 15) is 5.11 Å². The van der Waals surface area contributed by atoms with E-state index in [4.69, 9.17) is 5.73 Å². The zero-order valence-corrected chi connectivity index (χ0v) is 11.4. The van der Waals surface area contributed by atoms with Crippen LogP contribution in [0.1, 0.15) is 18.1 Å². The Kier molecular flexibility index (Phi) is 3.76. The van der Waals surface area contributed by atoms with E-state index in [2.05, 4.69) is 5.32 Å². The van der Waals surface area contributed by atoms with Crippen LogP contribution in [0.2, 0.25) is 0 Å². The van der Waals surface area contributed by atoms with Crippen LogP contribution in [0.25, 0.3) is 0 Å². The van der Waals surface area contributed by atoms with Crippen molar-refractivity contribution in [2.45, 2.75) is 19.4 Å². The van der Waals surface area contributed by atoms with E-state index in [-0.39, 0.29) is 6.61 Å².